The van der Waals surface area contributed by atoms with Crippen LogP contribution in [0.5, 0.6) is 0 Å². The van der Waals surface area contributed by atoms with Gasteiger partial charge in [0.05, 0.1) is 10.0 Å². The van der Waals surface area contributed by atoms with E-state index in [1.807, 2.05) is 30.3 Å². The molecule has 0 N–H and O–H groups in total. The van der Waals surface area contributed by atoms with Crippen LogP contribution in [-0.2, 0) is 6.54 Å². The van der Waals surface area contributed by atoms with Crippen LogP contribution in [0.2, 0.25) is 0 Å². The molecule has 0 spiro atoms. The summed E-state index contributed by atoms with van der Waals surface area (Å²) in [6.45, 7) is 0.969. The summed E-state index contributed by atoms with van der Waals surface area (Å²) < 4.78 is 14.4. The molecule has 0 aliphatic carbocycles. The molecule has 2 nitrogen and oxygen atoms in total. The van der Waals surface area contributed by atoms with Crippen molar-refractivity contribution in [2.24, 2.45) is 0 Å². The summed E-state index contributed by atoms with van der Waals surface area (Å²) in [6.07, 6.45) is 0. The Kier molecular flexibility index (Phi) is 5.94. The standard InChI is InChI=1S/C16H14Br2FNO/c17-9-10-20(11-12-5-2-1-3-6-12)16(21)13-7-4-8-14(18)15(13)19/h1-8H,9-11H2. The van der Waals surface area contributed by atoms with E-state index < -0.39 is 5.82 Å². The molecule has 0 saturated heterocycles. The van der Waals surface area contributed by atoms with Crippen LogP contribution in [-0.4, -0.2) is 22.7 Å². The van der Waals surface area contributed by atoms with Gasteiger partial charge in [-0.2, -0.15) is 0 Å². The summed E-state index contributed by atoms with van der Waals surface area (Å²) in [5, 5.41) is 0.640. The van der Waals surface area contributed by atoms with Crippen molar-refractivity contribution in [1.82, 2.24) is 4.90 Å². The third-order valence-corrected chi connectivity index (χ3v) is 4.01. The highest BCUT2D eigenvalue weighted by Gasteiger charge is 2.20. The van der Waals surface area contributed by atoms with Crippen molar-refractivity contribution in [1.29, 1.82) is 0 Å². The van der Waals surface area contributed by atoms with Crippen LogP contribution in [0.4, 0.5) is 4.39 Å². The Morgan fingerprint density at radius 3 is 2.48 bits per heavy atom. The molecule has 110 valence electrons. The van der Waals surface area contributed by atoms with Crippen LogP contribution in [0.15, 0.2) is 53.0 Å². The molecule has 0 unspecified atom stereocenters. The molecule has 0 saturated carbocycles. The number of halogens is 3. The lowest BCUT2D eigenvalue weighted by Crippen LogP contribution is -2.32. The summed E-state index contributed by atoms with van der Waals surface area (Å²) >= 11 is 6.45. The monoisotopic (exact) mass is 413 g/mol. The number of nitrogens with zero attached hydrogens (tertiary/aromatic N) is 1. The Morgan fingerprint density at radius 1 is 1.10 bits per heavy atom. The second-order valence-corrected chi connectivity index (χ2v) is 6.15. The van der Waals surface area contributed by atoms with Crippen molar-refractivity contribution in [2.75, 3.05) is 11.9 Å². The molecule has 0 aliphatic heterocycles. The Labute approximate surface area is 140 Å². The zero-order valence-corrected chi connectivity index (χ0v) is 14.4. The van der Waals surface area contributed by atoms with Gasteiger partial charge in [0.25, 0.3) is 5.91 Å². The molecule has 0 fully saturated rings. The van der Waals surface area contributed by atoms with Crippen LogP contribution in [0.1, 0.15) is 15.9 Å². The number of amides is 1. The molecule has 0 bridgehead atoms. The van der Waals surface area contributed by atoms with Crippen molar-refractivity contribution in [3.8, 4) is 0 Å². The highest BCUT2D eigenvalue weighted by molar-refractivity contribution is 9.10. The minimum Gasteiger partial charge on any atom is -0.333 e. The SMILES string of the molecule is O=C(c1cccc(Br)c1F)N(CCBr)Cc1ccccc1. The number of carbonyl (C=O) groups excluding carboxylic acids is 1. The maximum absolute atomic E-state index is 14.1. The van der Waals surface area contributed by atoms with Crippen molar-refractivity contribution < 1.29 is 9.18 Å². The smallest absolute Gasteiger partial charge is 0.257 e. The van der Waals surface area contributed by atoms with Crippen LogP contribution in [0, 0.1) is 5.82 Å². The lowest BCUT2D eigenvalue weighted by atomic mass is 10.1. The molecule has 5 heteroatoms. The van der Waals surface area contributed by atoms with Gasteiger partial charge in [-0.05, 0) is 33.6 Å². The minimum atomic E-state index is -0.518. The van der Waals surface area contributed by atoms with Crippen LogP contribution >= 0.6 is 31.9 Å². The first-order chi connectivity index (χ1) is 10.1. The fourth-order valence-corrected chi connectivity index (χ4v) is 2.79. The van der Waals surface area contributed by atoms with Gasteiger partial charge >= 0.3 is 0 Å². The fourth-order valence-electron chi connectivity index (χ4n) is 2.00. The Balaban J connectivity index is 2.25. The lowest BCUT2D eigenvalue weighted by Gasteiger charge is -2.22. The van der Waals surface area contributed by atoms with Gasteiger partial charge < -0.3 is 4.90 Å². The number of benzene rings is 2. The van der Waals surface area contributed by atoms with Crippen LogP contribution in [0.3, 0.4) is 0 Å². The molecular weight excluding hydrogens is 401 g/mol. The Morgan fingerprint density at radius 2 is 1.81 bits per heavy atom. The normalized spacial score (nSPS) is 10.4. The first-order valence-electron chi connectivity index (χ1n) is 6.46. The summed E-state index contributed by atoms with van der Waals surface area (Å²) in [5.41, 5.74) is 1.10. The quantitative estimate of drug-likeness (QED) is 0.653. The predicted octanol–water partition coefficient (Wildman–Crippen LogP) is 4.63. The van der Waals surface area contributed by atoms with Crippen molar-refractivity contribution >= 4 is 37.8 Å². The maximum Gasteiger partial charge on any atom is 0.257 e. The van der Waals surface area contributed by atoms with Gasteiger partial charge in [0.2, 0.25) is 0 Å². The van der Waals surface area contributed by atoms with Crippen molar-refractivity contribution in [3.05, 3.63) is 69.9 Å². The molecule has 0 aromatic heterocycles. The minimum absolute atomic E-state index is 0.0845. The second kappa shape index (κ2) is 7.71. The highest BCUT2D eigenvalue weighted by atomic mass is 79.9. The van der Waals surface area contributed by atoms with E-state index in [0.29, 0.717) is 22.9 Å². The summed E-state index contributed by atoms with van der Waals surface area (Å²) in [5.74, 6) is -0.827. The van der Waals surface area contributed by atoms with Crippen LogP contribution < -0.4 is 0 Å². The van der Waals surface area contributed by atoms with E-state index in [0.717, 1.165) is 5.56 Å². The van der Waals surface area contributed by atoms with E-state index in [-0.39, 0.29) is 11.5 Å². The van der Waals surface area contributed by atoms with E-state index in [9.17, 15) is 9.18 Å². The van der Waals surface area contributed by atoms with Gasteiger partial charge in [-0.25, -0.2) is 4.39 Å². The van der Waals surface area contributed by atoms with Gasteiger partial charge in [0, 0.05) is 18.4 Å². The van der Waals surface area contributed by atoms with Gasteiger partial charge in [-0.1, -0.05) is 52.3 Å². The van der Waals surface area contributed by atoms with Crippen LogP contribution in [0.25, 0.3) is 0 Å². The van der Waals surface area contributed by atoms with Gasteiger partial charge in [-0.15, -0.1) is 0 Å². The van der Waals surface area contributed by atoms with E-state index in [2.05, 4.69) is 31.9 Å². The molecule has 2 rings (SSSR count). The molecular formula is C16H14Br2FNO. The Hall–Kier alpha value is -1.20. The summed E-state index contributed by atoms with van der Waals surface area (Å²) in [6, 6.07) is 14.4. The van der Waals surface area contributed by atoms with Gasteiger partial charge in [0.1, 0.15) is 5.82 Å². The number of hydrogen-bond donors (Lipinski definition) is 0. The summed E-state index contributed by atoms with van der Waals surface area (Å²) in [4.78, 5) is 14.2. The third kappa shape index (κ3) is 4.14. The highest BCUT2D eigenvalue weighted by Crippen LogP contribution is 2.20. The molecule has 2 aromatic rings. The molecule has 21 heavy (non-hydrogen) atoms. The fraction of sp³-hybridized carbons (Fsp3) is 0.188. The zero-order valence-electron chi connectivity index (χ0n) is 11.2. The average molecular weight is 415 g/mol. The largest absolute Gasteiger partial charge is 0.333 e. The topological polar surface area (TPSA) is 20.3 Å². The molecule has 0 aliphatic rings. The lowest BCUT2D eigenvalue weighted by molar-refractivity contribution is 0.0750. The van der Waals surface area contributed by atoms with Crippen molar-refractivity contribution in [2.45, 2.75) is 6.54 Å². The number of rotatable bonds is 5. The number of hydrogen-bond acceptors (Lipinski definition) is 1. The number of carbonyl (C=O) groups is 1. The van der Waals surface area contributed by atoms with E-state index in [1.54, 1.807) is 17.0 Å². The average Bonchev–Trinajstić information content (AvgIpc) is 2.50. The van der Waals surface area contributed by atoms with E-state index in [4.69, 9.17) is 0 Å². The second-order valence-electron chi connectivity index (χ2n) is 4.50. The maximum atomic E-state index is 14.1. The summed E-state index contributed by atoms with van der Waals surface area (Å²) in [7, 11) is 0. The molecule has 0 radical (unpaired) electrons. The van der Waals surface area contributed by atoms with E-state index in [1.165, 1.54) is 6.07 Å². The predicted molar refractivity (Wildman–Crippen MR) is 89.1 cm³/mol. The van der Waals surface area contributed by atoms with Gasteiger partial charge in [0.15, 0.2) is 0 Å². The Bertz CT molecular complexity index is 619. The van der Waals surface area contributed by atoms with E-state index >= 15 is 0 Å². The molecule has 0 atom stereocenters. The number of alkyl halides is 1. The van der Waals surface area contributed by atoms with Crippen molar-refractivity contribution in [3.63, 3.8) is 0 Å². The first kappa shape index (κ1) is 16.2. The molecule has 2 aromatic carbocycles. The zero-order chi connectivity index (χ0) is 15.2. The third-order valence-electron chi connectivity index (χ3n) is 3.04. The first-order valence-corrected chi connectivity index (χ1v) is 8.38. The van der Waals surface area contributed by atoms with Gasteiger partial charge in [-0.3, -0.25) is 4.79 Å². The molecule has 0 heterocycles. The molecule has 1 amide bonds.